The molecule has 1 aliphatic rings. The highest BCUT2D eigenvalue weighted by Crippen LogP contribution is 2.66. The van der Waals surface area contributed by atoms with E-state index < -0.39 is 12.9 Å². The molecule has 2 heterocycles. The van der Waals surface area contributed by atoms with Crippen molar-refractivity contribution in [1.29, 1.82) is 0 Å². The van der Waals surface area contributed by atoms with Crippen molar-refractivity contribution in [2.45, 2.75) is 26.1 Å². The van der Waals surface area contributed by atoms with Gasteiger partial charge < -0.3 is 14.2 Å². The van der Waals surface area contributed by atoms with E-state index in [4.69, 9.17) is 9.05 Å². The van der Waals surface area contributed by atoms with Crippen LogP contribution < -0.4 is 0 Å². The zero-order valence-electron chi connectivity index (χ0n) is 10.2. The molecular weight excluding hydrogens is 259 g/mol. The normalized spacial score (nSPS) is 26.4. The summed E-state index contributed by atoms with van der Waals surface area (Å²) in [6, 6.07) is 3.53. The lowest BCUT2D eigenvalue weighted by atomic mass is 9.97. The molecule has 0 bridgehead atoms. The number of aliphatic hydroxyl groups is 1. The summed E-state index contributed by atoms with van der Waals surface area (Å²) in [6.45, 7) is 6.07. The predicted molar refractivity (Wildman–Crippen MR) is 67.2 cm³/mol. The van der Waals surface area contributed by atoms with Gasteiger partial charge in [-0.3, -0.25) is 4.57 Å². The fourth-order valence-corrected chi connectivity index (χ4v) is 4.67. The Bertz CT molecular complexity index is 424. The van der Waals surface area contributed by atoms with Gasteiger partial charge >= 0.3 is 7.60 Å². The molecule has 1 saturated heterocycles. The fourth-order valence-electron chi connectivity index (χ4n) is 1.53. The zero-order valence-corrected chi connectivity index (χ0v) is 11.9. The maximum atomic E-state index is 12.6. The Hall–Kier alpha value is -0.190. The van der Waals surface area contributed by atoms with Crippen LogP contribution in [-0.4, -0.2) is 18.3 Å². The van der Waals surface area contributed by atoms with Gasteiger partial charge in [-0.2, -0.15) is 0 Å². The number of hydrogen-bond acceptors (Lipinski definition) is 5. The summed E-state index contributed by atoms with van der Waals surface area (Å²) in [4.78, 5) is 0.598. The molecule has 17 heavy (non-hydrogen) atoms. The van der Waals surface area contributed by atoms with Crippen LogP contribution in [0.2, 0.25) is 0 Å². The molecule has 0 unspecified atom stereocenters. The molecule has 96 valence electrons. The van der Waals surface area contributed by atoms with Crippen LogP contribution >= 0.6 is 18.9 Å². The van der Waals surface area contributed by atoms with E-state index in [0.717, 1.165) is 0 Å². The first-order chi connectivity index (χ1) is 7.77. The van der Waals surface area contributed by atoms with E-state index in [1.807, 2.05) is 19.2 Å². The topological polar surface area (TPSA) is 55.8 Å². The van der Waals surface area contributed by atoms with Gasteiger partial charge in [0.15, 0.2) is 5.34 Å². The van der Waals surface area contributed by atoms with E-state index in [0.29, 0.717) is 18.1 Å². The molecule has 1 aromatic heterocycles. The van der Waals surface area contributed by atoms with E-state index in [-0.39, 0.29) is 5.41 Å². The quantitative estimate of drug-likeness (QED) is 0.843. The number of thiophene rings is 1. The van der Waals surface area contributed by atoms with E-state index >= 15 is 0 Å². The van der Waals surface area contributed by atoms with Crippen LogP contribution in [0.5, 0.6) is 0 Å². The van der Waals surface area contributed by atoms with Gasteiger partial charge in [0.25, 0.3) is 0 Å². The first-order valence-corrected chi connectivity index (χ1v) is 7.85. The summed E-state index contributed by atoms with van der Waals surface area (Å²) in [5, 5.41) is 10.7. The Morgan fingerprint density at radius 1 is 1.47 bits per heavy atom. The lowest BCUT2D eigenvalue weighted by Crippen LogP contribution is -2.35. The predicted octanol–water partition coefficient (Wildman–Crippen LogP) is 3.18. The highest BCUT2D eigenvalue weighted by Gasteiger charge is 2.52. The van der Waals surface area contributed by atoms with Gasteiger partial charge in [0.2, 0.25) is 0 Å². The van der Waals surface area contributed by atoms with Crippen LogP contribution in [0, 0.1) is 5.41 Å². The van der Waals surface area contributed by atoms with Crippen molar-refractivity contribution >= 4 is 18.9 Å². The third kappa shape index (κ3) is 2.35. The van der Waals surface area contributed by atoms with Crippen LogP contribution in [0.25, 0.3) is 0 Å². The molecule has 0 radical (unpaired) electrons. The Morgan fingerprint density at radius 3 is 2.53 bits per heavy atom. The van der Waals surface area contributed by atoms with Crippen LogP contribution in [0.15, 0.2) is 17.5 Å². The van der Waals surface area contributed by atoms with Gasteiger partial charge in [-0.05, 0) is 18.4 Å². The van der Waals surface area contributed by atoms with Crippen molar-refractivity contribution in [3.05, 3.63) is 22.4 Å². The lowest BCUT2D eigenvalue weighted by molar-refractivity contribution is 0.00136. The summed E-state index contributed by atoms with van der Waals surface area (Å²) >= 11 is 1.34. The van der Waals surface area contributed by atoms with Crippen molar-refractivity contribution in [2.75, 3.05) is 13.2 Å². The Kier molecular flexibility index (Phi) is 3.26. The van der Waals surface area contributed by atoms with E-state index in [9.17, 15) is 9.67 Å². The third-order valence-corrected chi connectivity index (χ3v) is 6.25. The summed E-state index contributed by atoms with van der Waals surface area (Å²) in [5.41, 5.74) is -0.167. The SMILES string of the molecule is CC1(C)COP(=O)([C@](C)(O)c2cccs2)OC1. The molecule has 1 atom stereocenters. The minimum absolute atomic E-state index is 0.167. The van der Waals surface area contributed by atoms with Gasteiger partial charge in [-0.25, -0.2) is 0 Å². The highest BCUT2D eigenvalue weighted by atomic mass is 32.1. The molecular formula is C11H17O4PS. The molecule has 0 amide bonds. The minimum atomic E-state index is -3.52. The second kappa shape index (κ2) is 4.18. The van der Waals surface area contributed by atoms with Crippen molar-refractivity contribution < 1.29 is 18.7 Å². The van der Waals surface area contributed by atoms with E-state index in [2.05, 4.69) is 0 Å². The summed E-state index contributed by atoms with van der Waals surface area (Å²) in [6.07, 6.45) is 0. The van der Waals surface area contributed by atoms with Crippen LogP contribution in [-0.2, 0) is 19.0 Å². The van der Waals surface area contributed by atoms with Gasteiger partial charge in [-0.1, -0.05) is 19.9 Å². The number of hydrogen-bond donors (Lipinski definition) is 1. The van der Waals surface area contributed by atoms with E-state index in [1.165, 1.54) is 18.3 Å². The average molecular weight is 276 g/mol. The Morgan fingerprint density at radius 2 is 2.06 bits per heavy atom. The Balaban J connectivity index is 2.26. The van der Waals surface area contributed by atoms with Crippen LogP contribution in [0.3, 0.4) is 0 Å². The molecule has 0 aliphatic carbocycles. The largest absolute Gasteiger partial charge is 0.373 e. The molecule has 0 spiro atoms. The highest BCUT2D eigenvalue weighted by molar-refractivity contribution is 7.55. The van der Waals surface area contributed by atoms with Crippen molar-refractivity contribution in [2.24, 2.45) is 5.41 Å². The summed E-state index contributed by atoms with van der Waals surface area (Å²) in [7, 11) is -3.52. The lowest BCUT2D eigenvalue weighted by Gasteiger charge is -2.39. The molecule has 1 aliphatic heterocycles. The summed E-state index contributed by atoms with van der Waals surface area (Å²) < 4.78 is 23.3. The molecule has 1 N–H and O–H groups in total. The Labute approximate surface area is 105 Å². The fraction of sp³-hybridized carbons (Fsp3) is 0.636. The monoisotopic (exact) mass is 276 g/mol. The standard InChI is InChI=1S/C11H17O4PS/c1-10(2)7-14-16(13,15-8-10)11(3,12)9-5-4-6-17-9/h4-6,12H,7-8H2,1-3H3/t11-/m0/s1. The first-order valence-electron chi connectivity index (χ1n) is 5.42. The summed E-state index contributed by atoms with van der Waals surface area (Å²) in [5.74, 6) is 0. The molecule has 6 heteroatoms. The third-order valence-electron chi connectivity index (χ3n) is 2.77. The van der Waals surface area contributed by atoms with Gasteiger partial charge in [-0.15, -0.1) is 11.3 Å². The van der Waals surface area contributed by atoms with Crippen molar-refractivity contribution in [1.82, 2.24) is 0 Å². The average Bonchev–Trinajstić information content (AvgIpc) is 2.76. The minimum Gasteiger partial charge on any atom is -0.373 e. The first kappa shape index (κ1) is 13.2. The van der Waals surface area contributed by atoms with Crippen molar-refractivity contribution in [3.63, 3.8) is 0 Å². The van der Waals surface area contributed by atoms with E-state index in [1.54, 1.807) is 12.1 Å². The zero-order chi connectivity index (χ0) is 12.7. The van der Waals surface area contributed by atoms with Crippen LogP contribution in [0.4, 0.5) is 0 Å². The van der Waals surface area contributed by atoms with Crippen LogP contribution in [0.1, 0.15) is 25.6 Å². The molecule has 1 aromatic rings. The van der Waals surface area contributed by atoms with Crippen molar-refractivity contribution in [3.8, 4) is 0 Å². The smallest absolute Gasteiger partial charge is 0.367 e. The second-order valence-electron chi connectivity index (χ2n) is 5.21. The van der Waals surface area contributed by atoms with Gasteiger partial charge in [0.1, 0.15) is 0 Å². The second-order valence-corrected chi connectivity index (χ2v) is 8.54. The maximum Gasteiger partial charge on any atom is 0.367 e. The maximum absolute atomic E-state index is 12.6. The molecule has 0 saturated carbocycles. The molecule has 2 rings (SSSR count). The van der Waals surface area contributed by atoms with Gasteiger partial charge in [0.05, 0.1) is 13.2 Å². The number of rotatable bonds is 2. The molecule has 1 fully saturated rings. The van der Waals surface area contributed by atoms with Gasteiger partial charge in [0, 0.05) is 10.3 Å². The molecule has 0 aromatic carbocycles. The molecule has 4 nitrogen and oxygen atoms in total.